The predicted octanol–water partition coefficient (Wildman–Crippen LogP) is 3.56. The molecule has 0 fully saturated rings. The Kier molecular flexibility index (Phi) is 5.35. The van der Waals surface area contributed by atoms with E-state index in [0.29, 0.717) is 22.9 Å². The van der Waals surface area contributed by atoms with Gasteiger partial charge in [-0.15, -0.1) is 11.3 Å². The molecule has 25 heavy (non-hydrogen) atoms. The highest BCUT2D eigenvalue weighted by Gasteiger charge is 2.28. The van der Waals surface area contributed by atoms with Crippen LogP contribution in [0.3, 0.4) is 0 Å². The van der Waals surface area contributed by atoms with Crippen molar-refractivity contribution in [1.29, 1.82) is 0 Å². The van der Waals surface area contributed by atoms with Crippen LogP contribution in [0.2, 0.25) is 0 Å². The molecule has 0 aliphatic carbocycles. The molecular formula is C18H21N3O3S. The van der Waals surface area contributed by atoms with E-state index in [4.69, 9.17) is 4.74 Å². The van der Waals surface area contributed by atoms with Gasteiger partial charge in [0.1, 0.15) is 5.00 Å². The number of hydrogen-bond donors (Lipinski definition) is 2. The number of likely N-dealkylation sites (N-methyl/N-ethyl adjacent to an activating group) is 1. The number of esters is 1. The van der Waals surface area contributed by atoms with Crippen LogP contribution in [-0.4, -0.2) is 37.1 Å². The van der Waals surface area contributed by atoms with Gasteiger partial charge in [-0.05, 0) is 38.1 Å². The maximum Gasteiger partial charge on any atom is 0.341 e. The first kappa shape index (κ1) is 17.4. The lowest BCUT2D eigenvalue weighted by molar-refractivity contribution is 0.0526. The van der Waals surface area contributed by atoms with Crippen molar-refractivity contribution >= 4 is 34.0 Å². The number of benzene rings is 1. The molecule has 1 aromatic carbocycles. The van der Waals surface area contributed by atoms with Crippen molar-refractivity contribution in [1.82, 2.24) is 4.90 Å². The van der Waals surface area contributed by atoms with Crippen molar-refractivity contribution in [3.63, 3.8) is 0 Å². The van der Waals surface area contributed by atoms with Crippen LogP contribution in [0.1, 0.15) is 27.7 Å². The van der Waals surface area contributed by atoms with Gasteiger partial charge in [0.25, 0.3) is 0 Å². The van der Waals surface area contributed by atoms with Gasteiger partial charge in [-0.25, -0.2) is 9.59 Å². The van der Waals surface area contributed by atoms with Crippen LogP contribution in [0.25, 0.3) is 0 Å². The second-order valence-electron chi connectivity index (χ2n) is 5.86. The number of nitrogens with zero attached hydrogens (tertiary/aromatic N) is 1. The lowest BCUT2D eigenvalue weighted by Crippen LogP contribution is -2.26. The first-order valence-corrected chi connectivity index (χ1v) is 9.03. The van der Waals surface area contributed by atoms with Crippen molar-refractivity contribution in [2.75, 3.05) is 30.8 Å². The lowest BCUT2D eigenvalue weighted by atomic mass is 10.0. The number of amides is 2. The molecule has 7 heteroatoms. The summed E-state index contributed by atoms with van der Waals surface area (Å²) in [5.41, 5.74) is 2.19. The number of ether oxygens (including phenoxy) is 1. The van der Waals surface area contributed by atoms with E-state index in [2.05, 4.69) is 15.5 Å². The van der Waals surface area contributed by atoms with Crippen LogP contribution in [0.5, 0.6) is 0 Å². The summed E-state index contributed by atoms with van der Waals surface area (Å²) in [6, 6.07) is 8.81. The third kappa shape index (κ3) is 4.00. The van der Waals surface area contributed by atoms with Crippen molar-refractivity contribution in [2.24, 2.45) is 0 Å². The minimum absolute atomic E-state index is 0.305. The number of urea groups is 1. The van der Waals surface area contributed by atoms with Crippen molar-refractivity contribution in [2.45, 2.75) is 19.9 Å². The van der Waals surface area contributed by atoms with Gasteiger partial charge in [0, 0.05) is 23.7 Å². The third-order valence-electron chi connectivity index (χ3n) is 3.99. The maximum atomic E-state index is 12.4. The number of carbonyl (C=O) groups is 2. The predicted molar refractivity (Wildman–Crippen MR) is 99.4 cm³/mol. The van der Waals surface area contributed by atoms with Crippen molar-refractivity contribution in [3.8, 4) is 0 Å². The van der Waals surface area contributed by atoms with Gasteiger partial charge in [0.2, 0.25) is 0 Å². The fraction of sp³-hybridized carbons (Fsp3) is 0.333. The average Bonchev–Trinajstić information content (AvgIpc) is 2.92. The Balaban J connectivity index is 1.84. The van der Waals surface area contributed by atoms with Crippen LogP contribution in [0.15, 0.2) is 30.3 Å². The fourth-order valence-electron chi connectivity index (χ4n) is 2.83. The molecule has 132 valence electrons. The summed E-state index contributed by atoms with van der Waals surface area (Å²) in [6.07, 6.45) is 0.776. The molecule has 0 spiro atoms. The second kappa shape index (κ2) is 7.67. The van der Waals surface area contributed by atoms with Crippen molar-refractivity contribution in [3.05, 3.63) is 46.3 Å². The molecule has 2 amide bonds. The smallest absolute Gasteiger partial charge is 0.341 e. The second-order valence-corrected chi connectivity index (χ2v) is 6.97. The molecule has 1 aliphatic heterocycles. The van der Waals surface area contributed by atoms with E-state index in [1.807, 2.05) is 25.2 Å². The number of fused-ring (bicyclic) bond motifs is 1. The van der Waals surface area contributed by atoms with Gasteiger partial charge in [-0.1, -0.05) is 18.2 Å². The zero-order chi connectivity index (χ0) is 17.8. The van der Waals surface area contributed by atoms with Gasteiger partial charge in [0.05, 0.1) is 12.2 Å². The summed E-state index contributed by atoms with van der Waals surface area (Å²) >= 11 is 1.44. The Morgan fingerprint density at radius 2 is 2.00 bits per heavy atom. The quantitative estimate of drug-likeness (QED) is 0.819. The molecule has 3 rings (SSSR count). The topological polar surface area (TPSA) is 70.7 Å². The average molecular weight is 359 g/mol. The Labute approximate surface area is 150 Å². The number of hydrogen-bond acceptors (Lipinski definition) is 5. The van der Waals surface area contributed by atoms with E-state index < -0.39 is 0 Å². The van der Waals surface area contributed by atoms with Gasteiger partial charge in [0.15, 0.2) is 0 Å². The standard InChI is InChI=1S/C18H21N3O3S/c1-3-24-17(22)15-13-9-10-21(2)11-14(13)25-16(15)20-18(23)19-12-7-5-4-6-8-12/h4-8H,3,9-11H2,1-2H3,(H2,19,20,23). The van der Waals surface area contributed by atoms with E-state index in [0.717, 1.165) is 30.0 Å². The highest BCUT2D eigenvalue weighted by Crippen LogP contribution is 2.37. The maximum absolute atomic E-state index is 12.4. The highest BCUT2D eigenvalue weighted by molar-refractivity contribution is 7.17. The van der Waals surface area contributed by atoms with E-state index >= 15 is 0 Å². The van der Waals surface area contributed by atoms with Crippen LogP contribution >= 0.6 is 11.3 Å². The molecule has 2 heterocycles. The van der Waals surface area contributed by atoms with Crippen LogP contribution in [0, 0.1) is 0 Å². The monoisotopic (exact) mass is 359 g/mol. The van der Waals surface area contributed by atoms with Crippen molar-refractivity contribution < 1.29 is 14.3 Å². The summed E-state index contributed by atoms with van der Waals surface area (Å²) in [6.45, 7) is 3.74. The third-order valence-corrected chi connectivity index (χ3v) is 5.12. The molecule has 0 atom stereocenters. The Bertz CT molecular complexity index is 773. The van der Waals surface area contributed by atoms with Crippen LogP contribution < -0.4 is 10.6 Å². The van der Waals surface area contributed by atoms with E-state index in [-0.39, 0.29) is 12.0 Å². The Morgan fingerprint density at radius 3 is 2.72 bits per heavy atom. The number of rotatable bonds is 4. The van der Waals surface area contributed by atoms with Crippen LogP contribution in [0.4, 0.5) is 15.5 Å². The SMILES string of the molecule is CCOC(=O)c1c(NC(=O)Nc2ccccc2)sc2c1CCN(C)C2. The van der Waals surface area contributed by atoms with Gasteiger partial charge >= 0.3 is 12.0 Å². The summed E-state index contributed by atoms with van der Waals surface area (Å²) in [5, 5.41) is 6.14. The molecule has 2 N–H and O–H groups in total. The number of para-hydroxylation sites is 1. The highest BCUT2D eigenvalue weighted by atomic mass is 32.1. The molecule has 1 aromatic heterocycles. The number of carbonyl (C=O) groups excluding carboxylic acids is 2. The summed E-state index contributed by atoms with van der Waals surface area (Å²) in [5.74, 6) is -0.375. The first-order valence-electron chi connectivity index (χ1n) is 8.21. The largest absolute Gasteiger partial charge is 0.462 e. The first-order chi connectivity index (χ1) is 12.1. The molecule has 0 radical (unpaired) electrons. The molecule has 0 saturated carbocycles. The molecule has 0 unspecified atom stereocenters. The molecule has 0 bridgehead atoms. The van der Waals surface area contributed by atoms with Gasteiger partial charge in [-0.3, -0.25) is 5.32 Å². The summed E-state index contributed by atoms with van der Waals surface area (Å²) < 4.78 is 5.20. The zero-order valence-electron chi connectivity index (χ0n) is 14.3. The fourth-order valence-corrected chi connectivity index (χ4v) is 4.14. The minimum Gasteiger partial charge on any atom is -0.462 e. The number of thiophene rings is 1. The number of nitrogens with one attached hydrogen (secondary N) is 2. The molecule has 6 nitrogen and oxygen atoms in total. The minimum atomic E-state index is -0.375. The van der Waals surface area contributed by atoms with E-state index in [1.54, 1.807) is 19.1 Å². The van der Waals surface area contributed by atoms with E-state index in [9.17, 15) is 9.59 Å². The normalized spacial score (nSPS) is 13.8. The lowest BCUT2D eigenvalue weighted by Gasteiger charge is -2.22. The van der Waals surface area contributed by atoms with Crippen LogP contribution in [-0.2, 0) is 17.7 Å². The summed E-state index contributed by atoms with van der Waals surface area (Å²) in [7, 11) is 2.04. The molecule has 2 aromatic rings. The molecule has 1 aliphatic rings. The zero-order valence-corrected chi connectivity index (χ0v) is 15.1. The van der Waals surface area contributed by atoms with Gasteiger partial charge in [-0.2, -0.15) is 0 Å². The Hall–Kier alpha value is -2.38. The molecule has 0 saturated heterocycles. The van der Waals surface area contributed by atoms with Gasteiger partial charge < -0.3 is 15.0 Å². The molecular weight excluding hydrogens is 338 g/mol. The number of anilines is 2. The Morgan fingerprint density at radius 1 is 1.24 bits per heavy atom. The summed E-state index contributed by atoms with van der Waals surface area (Å²) in [4.78, 5) is 28.0. The van der Waals surface area contributed by atoms with E-state index in [1.165, 1.54) is 11.3 Å².